The molecular formula is C21H20N4O3. The molecule has 0 bridgehead atoms. The molecule has 0 saturated carbocycles. The van der Waals surface area contributed by atoms with Gasteiger partial charge in [-0.2, -0.15) is 0 Å². The lowest BCUT2D eigenvalue weighted by atomic mass is 9.99. The third-order valence-electron chi connectivity index (χ3n) is 4.61. The maximum atomic E-state index is 6.03. The number of H-pyrrole nitrogens is 1. The third-order valence-corrected chi connectivity index (χ3v) is 4.61. The fraction of sp³-hybridized carbons (Fsp3) is 0.143. The van der Waals surface area contributed by atoms with Crippen LogP contribution < -0.4 is 19.9 Å². The molecule has 4 aromatic rings. The Morgan fingerprint density at radius 1 is 0.964 bits per heavy atom. The van der Waals surface area contributed by atoms with Crippen molar-refractivity contribution in [2.45, 2.75) is 0 Å². The van der Waals surface area contributed by atoms with Crippen LogP contribution in [0.4, 0.5) is 5.95 Å². The number of nitrogens with two attached hydrogens (primary N) is 1. The number of hydrogen-bond donors (Lipinski definition) is 2. The van der Waals surface area contributed by atoms with E-state index >= 15 is 0 Å². The number of aromatic nitrogens is 3. The summed E-state index contributed by atoms with van der Waals surface area (Å²) in [7, 11) is 4.74. The van der Waals surface area contributed by atoms with E-state index < -0.39 is 0 Å². The summed E-state index contributed by atoms with van der Waals surface area (Å²) in [5.41, 5.74) is 9.31. The predicted molar refractivity (Wildman–Crippen MR) is 109 cm³/mol. The van der Waals surface area contributed by atoms with Crippen molar-refractivity contribution in [1.82, 2.24) is 15.0 Å². The molecule has 7 nitrogen and oxygen atoms in total. The number of anilines is 1. The van der Waals surface area contributed by atoms with E-state index in [4.69, 9.17) is 19.9 Å². The molecule has 0 amide bonds. The average Bonchev–Trinajstić information content (AvgIpc) is 3.13. The van der Waals surface area contributed by atoms with E-state index in [0.29, 0.717) is 28.9 Å². The molecule has 0 fully saturated rings. The molecule has 0 aliphatic rings. The lowest BCUT2D eigenvalue weighted by Crippen LogP contribution is -1.96. The van der Waals surface area contributed by atoms with Crippen molar-refractivity contribution in [1.29, 1.82) is 0 Å². The minimum absolute atomic E-state index is 0.324. The van der Waals surface area contributed by atoms with Crippen molar-refractivity contribution in [3.05, 3.63) is 48.8 Å². The fourth-order valence-corrected chi connectivity index (χ4v) is 3.35. The second-order valence-corrected chi connectivity index (χ2v) is 6.16. The summed E-state index contributed by atoms with van der Waals surface area (Å²) < 4.78 is 16.4. The van der Waals surface area contributed by atoms with Crippen LogP contribution in [0.2, 0.25) is 0 Å². The van der Waals surface area contributed by atoms with Crippen molar-refractivity contribution in [2.75, 3.05) is 27.1 Å². The number of ether oxygens (including phenoxy) is 3. The van der Waals surface area contributed by atoms with Crippen LogP contribution in [0.3, 0.4) is 0 Å². The van der Waals surface area contributed by atoms with Crippen LogP contribution in [0, 0.1) is 0 Å². The molecule has 142 valence electrons. The topological polar surface area (TPSA) is 95.3 Å². The van der Waals surface area contributed by atoms with Gasteiger partial charge in [-0.25, -0.2) is 4.98 Å². The zero-order valence-electron chi connectivity index (χ0n) is 15.8. The van der Waals surface area contributed by atoms with E-state index in [1.165, 1.54) is 0 Å². The van der Waals surface area contributed by atoms with Crippen molar-refractivity contribution in [3.63, 3.8) is 0 Å². The molecule has 0 saturated heterocycles. The number of imidazole rings is 1. The molecule has 0 aliphatic carbocycles. The third kappa shape index (κ3) is 2.87. The zero-order chi connectivity index (χ0) is 19.7. The first-order chi connectivity index (χ1) is 13.7. The summed E-state index contributed by atoms with van der Waals surface area (Å²) in [4.78, 5) is 11.9. The van der Waals surface area contributed by atoms with Crippen LogP contribution in [-0.2, 0) is 0 Å². The number of benzene rings is 2. The molecule has 2 aromatic heterocycles. The summed E-state index contributed by atoms with van der Waals surface area (Å²) in [6.07, 6.45) is 3.60. The van der Waals surface area contributed by atoms with Crippen molar-refractivity contribution < 1.29 is 14.2 Å². The summed E-state index contributed by atoms with van der Waals surface area (Å²) in [6.45, 7) is 0. The van der Waals surface area contributed by atoms with Crippen molar-refractivity contribution in [2.24, 2.45) is 0 Å². The van der Waals surface area contributed by atoms with E-state index in [-0.39, 0.29) is 0 Å². The van der Waals surface area contributed by atoms with E-state index in [1.54, 1.807) is 27.5 Å². The van der Waals surface area contributed by atoms with Gasteiger partial charge in [0.25, 0.3) is 0 Å². The lowest BCUT2D eigenvalue weighted by molar-refractivity contribution is 0.324. The standard InChI is InChI=1S/C21H20N4O3/c1-26-16-9-13(10-17(27-2)20(16)28-3)18-19(25-21(22)24-18)15-6-4-5-12-11-23-8-7-14(12)15/h4-11H,1-3H3,(H3,22,24,25). The normalized spacial score (nSPS) is 10.8. The van der Waals surface area contributed by atoms with Gasteiger partial charge in [-0.1, -0.05) is 18.2 Å². The Balaban J connectivity index is 1.97. The number of aromatic amines is 1. The van der Waals surface area contributed by atoms with Gasteiger partial charge in [0, 0.05) is 28.9 Å². The maximum Gasteiger partial charge on any atom is 0.203 e. The largest absolute Gasteiger partial charge is 0.493 e. The van der Waals surface area contributed by atoms with Crippen LogP contribution in [0.25, 0.3) is 33.3 Å². The number of hydrogen-bond acceptors (Lipinski definition) is 6. The van der Waals surface area contributed by atoms with E-state index in [9.17, 15) is 0 Å². The predicted octanol–water partition coefficient (Wildman–Crippen LogP) is 3.90. The van der Waals surface area contributed by atoms with Gasteiger partial charge >= 0.3 is 0 Å². The monoisotopic (exact) mass is 376 g/mol. The number of rotatable bonds is 5. The maximum absolute atomic E-state index is 6.03. The quantitative estimate of drug-likeness (QED) is 0.548. The summed E-state index contributed by atoms with van der Waals surface area (Å²) in [5, 5.41) is 2.08. The van der Waals surface area contributed by atoms with Crippen molar-refractivity contribution >= 4 is 16.7 Å². The van der Waals surface area contributed by atoms with Gasteiger partial charge in [-0.05, 0) is 23.6 Å². The molecule has 28 heavy (non-hydrogen) atoms. The van der Waals surface area contributed by atoms with Gasteiger partial charge in [0.2, 0.25) is 5.75 Å². The van der Waals surface area contributed by atoms with Crippen molar-refractivity contribution in [3.8, 4) is 39.8 Å². The Hall–Kier alpha value is -3.74. The molecule has 0 aliphatic heterocycles. The van der Waals surface area contributed by atoms with Gasteiger partial charge in [0.05, 0.1) is 32.7 Å². The van der Waals surface area contributed by atoms with Gasteiger partial charge < -0.3 is 24.9 Å². The first-order valence-electron chi connectivity index (χ1n) is 8.65. The van der Waals surface area contributed by atoms with Crippen LogP contribution >= 0.6 is 0 Å². The molecular weight excluding hydrogens is 356 g/mol. The second kappa shape index (κ2) is 7.11. The van der Waals surface area contributed by atoms with Crippen LogP contribution in [0.5, 0.6) is 17.2 Å². The Morgan fingerprint density at radius 2 is 1.71 bits per heavy atom. The second-order valence-electron chi connectivity index (χ2n) is 6.16. The molecule has 3 N–H and O–H groups in total. The molecule has 2 aromatic carbocycles. The minimum Gasteiger partial charge on any atom is -0.493 e. The fourth-order valence-electron chi connectivity index (χ4n) is 3.35. The highest BCUT2D eigenvalue weighted by atomic mass is 16.5. The van der Waals surface area contributed by atoms with Gasteiger partial charge in [0.15, 0.2) is 17.4 Å². The molecule has 0 unspecified atom stereocenters. The zero-order valence-corrected chi connectivity index (χ0v) is 15.8. The Labute approximate surface area is 162 Å². The molecule has 4 rings (SSSR count). The van der Waals surface area contributed by atoms with Gasteiger partial charge in [-0.3, -0.25) is 4.98 Å². The number of fused-ring (bicyclic) bond motifs is 1. The lowest BCUT2D eigenvalue weighted by Gasteiger charge is -2.14. The SMILES string of the molecule is COc1cc(-c2nc(N)[nH]c2-c2cccc3cnccc23)cc(OC)c1OC. The Kier molecular flexibility index (Phi) is 4.49. The smallest absolute Gasteiger partial charge is 0.203 e. The minimum atomic E-state index is 0.324. The first-order valence-corrected chi connectivity index (χ1v) is 8.65. The van der Waals surface area contributed by atoms with E-state index in [0.717, 1.165) is 27.6 Å². The van der Waals surface area contributed by atoms with Gasteiger partial charge in [-0.15, -0.1) is 0 Å². The molecule has 7 heteroatoms. The highest BCUT2D eigenvalue weighted by molar-refractivity contribution is 5.98. The molecule has 0 radical (unpaired) electrons. The van der Waals surface area contributed by atoms with Gasteiger partial charge in [0.1, 0.15) is 0 Å². The number of nitrogens with zero attached hydrogens (tertiary/aromatic N) is 2. The number of pyridine rings is 1. The summed E-state index contributed by atoms with van der Waals surface area (Å²) >= 11 is 0. The van der Waals surface area contributed by atoms with Crippen LogP contribution in [0.1, 0.15) is 0 Å². The van der Waals surface area contributed by atoms with Crippen LogP contribution in [0.15, 0.2) is 48.8 Å². The first kappa shape index (κ1) is 17.7. The average molecular weight is 376 g/mol. The summed E-state index contributed by atoms with van der Waals surface area (Å²) in [5.74, 6) is 1.94. The molecule has 2 heterocycles. The number of methoxy groups -OCH3 is 3. The summed E-state index contributed by atoms with van der Waals surface area (Å²) in [6, 6.07) is 11.7. The van der Waals surface area contributed by atoms with E-state index in [1.807, 2.05) is 42.6 Å². The number of nitrogens with one attached hydrogen (secondary N) is 1. The van der Waals surface area contributed by atoms with Crippen LogP contribution in [-0.4, -0.2) is 36.3 Å². The Bertz CT molecular complexity index is 1120. The van der Waals surface area contributed by atoms with E-state index in [2.05, 4.69) is 15.0 Å². The molecule has 0 spiro atoms. The highest BCUT2D eigenvalue weighted by Gasteiger charge is 2.20. The number of nitrogen functional groups attached to an aromatic ring is 1. The highest BCUT2D eigenvalue weighted by Crippen LogP contribution is 2.43. The molecule has 0 atom stereocenters. The Morgan fingerprint density at radius 3 is 2.39 bits per heavy atom.